The fraction of sp³-hybridized carbons (Fsp3) is 0.524. The van der Waals surface area contributed by atoms with Crippen LogP contribution in [0.3, 0.4) is 0 Å². The van der Waals surface area contributed by atoms with Crippen molar-refractivity contribution < 1.29 is 14.3 Å². The van der Waals surface area contributed by atoms with Crippen molar-refractivity contribution in [1.82, 2.24) is 15.1 Å². The highest BCUT2D eigenvalue weighted by Gasteiger charge is 2.43. The number of aryl methyl sites for hydroxylation is 1. The molecule has 1 N–H and O–H groups in total. The second kappa shape index (κ2) is 7.18. The van der Waals surface area contributed by atoms with Crippen molar-refractivity contribution >= 4 is 28.2 Å². The highest BCUT2D eigenvalue weighted by Crippen LogP contribution is 2.42. The molecule has 1 saturated heterocycles. The summed E-state index contributed by atoms with van der Waals surface area (Å²) < 4.78 is 6.30. The molecule has 1 saturated carbocycles. The number of fused-ring (bicyclic) bond motifs is 1. The Kier molecular flexibility index (Phi) is 4.63. The average molecular weight is 413 g/mol. The normalized spacial score (nSPS) is 20.9. The molecule has 1 aromatic heterocycles. The molecule has 0 unspecified atom stereocenters. The molecule has 0 bridgehead atoms. The minimum absolute atomic E-state index is 0.0686. The number of benzene rings is 1. The summed E-state index contributed by atoms with van der Waals surface area (Å²) in [5.74, 6) is 1.33. The topological polar surface area (TPSA) is 84.4 Å². The van der Waals surface area contributed by atoms with Gasteiger partial charge in [-0.15, -0.1) is 10.2 Å². The molecular weight excluding hydrogens is 388 g/mol. The van der Waals surface area contributed by atoms with Gasteiger partial charge < -0.3 is 4.74 Å². The molecule has 5 rings (SSSR count). The van der Waals surface area contributed by atoms with E-state index in [1.807, 2.05) is 25.1 Å². The van der Waals surface area contributed by atoms with E-state index in [2.05, 4.69) is 20.4 Å². The quantitative estimate of drug-likeness (QED) is 0.830. The number of likely N-dealkylation sites (tertiary alicyclic amines) is 1. The Morgan fingerprint density at radius 1 is 1.31 bits per heavy atom. The molecule has 2 aliphatic heterocycles. The van der Waals surface area contributed by atoms with Gasteiger partial charge in [-0.1, -0.05) is 23.0 Å². The summed E-state index contributed by atoms with van der Waals surface area (Å²) in [4.78, 5) is 27.2. The maximum atomic E-state index is 12.7. The Labute approximate surface area is 173 Å². The van der Waals surface area contributed by atoms with E-state index in [0.29, 0.717) is 35.3 Å². The van der Waals surface area contributed by atoms with Crippen molar-refractivity contribution in [3.63, 3.8) is 0 Å². The van der Waals surface area contributed by atoms with Crippen LogP contribution in [0.2, 0.25) is 0 Å². The van der Waals surface area contributed by atoms with Gasteiger partial charge >= 0.3 is 0 Å². The summed E-state index contributed by atoms with van der Waals surface area (Å²) in [6.45, 7) is 3.75. The highest BCUT2D eigenvalue weighted by atomic mass is 32.1. The first-order valence-corrected chi connectivity index (χ1v) is 11.0. The Balaban J connectivity index is 1.16. The number of rotatable bonds is 4. The molecule has 1 spiro atoms. The van der Waals surface area contributed by atoms with Crippen molar-refractivity contribution in [2.24, 2.45) is 0 Å². The van der Waals surface area contributed by atoms with Gasteiger partial charge in [0.25, 0.3) is 0 Å². The number of hydrogen-bond donors (Lipinski definition) is 1. The van der Waals surface area contributed by atoms with Gasteiger partial charge in [-0.2, -0.15) is 0 Å². The zero-order chi connectivity index (χ0) is 20.0. The van der Waals surface area contributed by atoms with Gasteiger partial charge in [0.2, 0.25) is 11.0 Å². The fourth-order valence-electron chi connectivity index (χ4n) is 4.15. The van der Waals surface area contributed by atoms with Gasteiger partial charge in [-0.3, -0.25) is 19.8 Å². The van der Waals surface area contributed by atoms with E-state index in [1.54, 1.807) is 0 Å². The number of ether oxygens (including phenoxy) is 1. The molecular formula is C21H24N4O3S. The molecule has 3 aliphatic rings. The molecule has 8 heteroatoms. The van der Waals surface area contributed by atoms with E-state index < -0.39 is 5.60 Å². The lowest BCUT2D eigenvalue weighted by Crippen LogP contribution is -2.52. The third-order valence-corrected chi connectivity index (χ3v) is 6.99. The first kappa shape index (κ1) is 18.7. The van der Waals surface area contributed by atoms with Crippen LogP contribution < -0.4 is 10.1 Å². The zero-order valence-electron chi connectivity index (χ0n) is 16.4. The van der Waals surface area contributed by atoms with Crippen molar-refractivity contribution in [3.8, 4) is 5.75 Å². The summed E-state index contributed by atoms with van der Waals surface area (Å²) >= 11 is 1.48. The van der Waals surface area contributed by atoms with Gasteiger partial charge in [0.15, 0.2) is 5.78 Å². The SMILES string of the molecule is Cc1ccc2c(c1)C(=O)CC1(CCN(CC(=O)Nc3nnc(C4CC4)s3)CC1)O2. The Morgan fingerprint density at radius 3 is 2.86 bits per heavy atom. The number of Topliss-reactive ketones (excluding diaryl/α,β-unsaturated/α-hetero) is 1. The predicted octanol–water partition coefficient (Wildman–Crippen LogP) is 3.16. The second-order valence-electron chi connectivity index (χ2n) is 8.43. The molecule has 0 atom stereocenters. The number of amides is 1. The molecule has 3 heterocycles. The lowest BCUT2D eigenvalue weighted by Gasteiger charge is -2.43. The van der Waals surface area contributed by atoms with Gasteiger partial charge in [0.05, 0.1) is 18.5 Å². The Morgan fingerprint density at radius 2 is 2.10 bits per heavy atom. The zero-order valence-corrected chi connectivity index (χ0v) is 17.3. The van der Waals surface area contributed by atoms with Gasteiger partial charge in [0.1, 0.15) is 16.4 Å². The number of aromatic nitrogens is 2. The van der Waals surface area contributed by atoms with Crippen LogP contribution in [0.15, 0.2) is 18.2 Å². The third kappa shape index (κ3) is 3.91. The number of piperidine rings is 1. The van der Waals surface area contributed by atoms with Crippen molar-refractivity contribution in [2.45, 2.75) is 50.5 Å². The van der Waals surface area contributed by atoms with Gasteiger partial charge in [-0.25, -0.2) is 0 Å². The number of carbonyl (C=O) groups is 2. The van der Waals surface area contributed by atoms with Crippen LogP contribution in [-0.2, 0) is 4.79 Å². The fourth-order valence-corrected chi connectivity index (χ4v) is 5.08. The molecule has 2 aromatic rings. The van der Waals surface area contributed by atoms with E-state index in [4.69, 9.17) is 4.74 Å². The maximum absolute atomic E-state index is 12.7. The Bertz CT molecular complexity index is 961. The van der Waals surface area contributed by atoms with E-state index in [9.17, 15) is 9.59 Å². The molecule has 1 amide bonds. The molecule has 152 valence electrons. The van der Waals surface area contributed by atoms with Crippen molar-refractivity contribution in [2.75, 3.05) is 25.0 Å². The number of carbonyl (C=O) groups excluding carboxylic acids is 2. The monoisotopic (exact) mass is 412 g/mol. The van der Waals surface area contributed by atoms with Crippen LogP contribution in [0.4, 0.5) is 5.13 Å². The van der Waals surface area contributed by atoms with Gasteiger partial charge in [0, 0.05) is 31.8 Å². The van der Waals surface area contributed by atoms with Crippen LogP contribution in [0.5, 0.6) is 5.75 Å². The first-order valence-electron chi connectivity index (χ1n) is 10.2. The molecule has 29 heavy (non-hydrogen) atoms. The van der Waals surface area contributed by atoms with E-state index >= 15 is 0 Å². The predicted molar refractivity (Wildman–Crippen MR) is 110 cm³/mol. The third-order valence-electron chi connectivity index (χ3n) is 5.99. The van der Waals surface area contributed by atoms with Crippen LogP contribution in [0.1, 0.15) is 59.0 Å². The van der Waals surface area contributed by atoms with Crippen LogP contribution >= 0.6 is 11.3 Å². The van der Waals surface area contributed by atoms with E-state index in [1.165, 1.54) is 24.2 Å². The largest absolute Gasteiger partial charge is 0.486 e. The second-order valence-corrected chi connectivity index (χ2v) is 9.44. The van der Waals surface area contributed by atoms with E-state index in [-0.39, 0.29) is 11.7 Å². The van der Waals surface area contributed by atoms with Crippen molar-refractivity contribution in [3.05, 3.63) is 34.3 Å². The summed E-state index contributed by atoms with van der Waals surface area (Å²) in [6, 6.07) is 5.79. The standard InChI is InChI=1S/C21H24N4O3S/c1-13-2-5-17-15(10-13)16(26)11-21(28-17)6-8-25(9-7-21)12-18(27)22-20-24-23-19(29-20)14-3-4-14/h2,5,10,14H,3-4,6-9,11-12H2,1H3,(H,22,24,27). The molecule has 7 nitrogen and oxygen atoms in total. The average Bonchev–Trinajstić information content (AvgIpc) is 3.44. The maximum Gasteiger partial charge on any atom is 0.240 e. The number of nitrogens with one attached hydrogen (secondary N) is 1. The van der Waals surface area contributed by atoms with Crippen molar-refractivity contribution in [1.29, 1.82) is 0 Å². The summed E-state index contributed by atoms with van der Waals surface area (Å²) in [7, 11) is 0. The number of ketones is 1. The molecule has 0 radical (unpaired) electrons. The summed E-state index contributed by atoms with van der Waals surface area (Å²) in [6.07, 6.45) is 4.24. The number of nitrogens with zero attached hydrogens (tertiary/aromatic N) is 3. The summed E-state index contributed by atoms with van der Waals surface area (Å²) in [5.41, 5.74) is 1.32. The summed E-state index contributed by atoms with van der Waals surface area (Å²) in [5, 5.41) is 12.7. The lowest BCUT2D eigenvalue weighted by molar-refractivity contribution is -0.118. The minimum atomic E-state index is -0.440. The first-order chi connectivity index (χ1) is 14.0. The van der Waals surface area contributed by atoms with Crippen LogP contribution in [-0.4, -0.2) is 52.0 Å². The molecule has 2 fully saturated rings. The van der Waals surface area contributed by atoms with Crippen LogP contribution in [0.25, 0.3) is 0 Å². The molecule has 1 aliphatic carbocycles. The smallest absolute Gasteiger partial charge is 0.240 e. The Hall–Kier alpha value is -2.32. The minimum Gasteiger partial charge on any atom is -0.486 e. The van der Waals surface area contributed by atoms with Crippen LogP contribution in [0, 0.1) is 6.92 Å². The van der Waals surface area contributed by atoms with E-state index in [0.717, 1.165) is 36.5 Å². The van der Waals surface area contributed by atoms with Gasteiger partial charge in [-0.05, 0) is 31.9 Å². The number of hydrogen-bond acceptors (Lipinski definition) is 7. The highest BCUT2D eigenvalue weighted by molar-refractivity contribution is 7.15. The molecule has 1 aromatic carbocycles. The lowest BCUT2D eigenvalue weighted by atomic mass is 9.82. The number of anilines is 1.